The standard InChI is InChI=1S/C16H17ClN4OS/c17-9-5-6-11-10(7-9)15(22)21-14(18-11)8-23-16-19-12-3-1-2-4-13(12)20-16/h5-7,12-13H,1-4,8H2,(H,19,20)(H,18,21,22)/t12-,13+. The Morgan fingerprint density at radius 3 is 3.04 bits per heavy atom. The summed E-state index contributed by atoms with van der Waals surface area (Å²) in [6, 6.07) is 6.10. The summed E-state index contributed by atoms with van der Waals surface area (Å²) >= 11 is 7.53. The van der Waals surface area contributed by atoms with E-state index in [4.69, 9.17) is 16.6 Å². The Bertz CT molecular complexity index is 834. The average Bonchev–Trinajstić information content (AvgIpc) is 2.96. The van der Waals surface area contributed by atoms with Gasteiger partial charge in [-0.2, -0.15) is 0 Å². The molecule has 0 bridgehead atoms. The number of aromatic amines is 1. The van der Waals surface area contributed by atoms with E-state index in [9.17, 15) is 4.79 Å². The summed E-state index contributed by atoms with van der Waals surface area (Å²) in [6.45, 7) is 0. The molecule has 1 aliphatic carbocycles. The Morgan fingerprint density at radius 1 is 1.30 bits per heavy atom. The summed E-state index contributed by atoms with van der Waals surface area (Å²) in [6.07, 6.45) is 4.92. The molecule has 2 aromatic rings. The quantitative estimate of drug-likeness (QED) is 0.875. The van der Waals surface area contributed by atoms with Gasteiger partial charge in [-0.15, -0.1) is 0 Å². The predicted molar refractivity (Wildman–Crippen MR) is 95.3 cm³/mol. The zero-order chi connectivity index (χ0) is 15.8. The molecule has 2 N–H and O–H groups in total. The van der Waals surface area contributed by atoms with Crippen LogP contribution in [0.4, 0.5) is 0 Å². The number of aliphatic imine (C=N–C) groups is 1. The zero-order valence-corrected chi connectivity index (χ0v) is 14.1. The van der Waals surface area contributed by atoms with Crippen molar-refractivity contribution in [2.45, 2.75) is 43.5 Å². The van der Waals surface area contributed by atoms with E-state index in [2.05, 4.69) is 15.3 Å². The number of amidine groups is 1. The molecule has 0 amide bonds. The molecule has 1 fully saturated rings. The maximum atomic E-state index is 12.1. The van der Waals surface area contributed by atoms with Crippen molar-refractivity contribution in [2.75, 3.05) is 0 Å². The van der Waals surface area contributed by atoms with Crippen LogP contribution in [-0.2, 0) is 5.75 Å². The number of fused-ring (bicyclic) bond motifs is 2. The summed E-state index contributed by atoms with van der Waals surface area (Å²) in [5.74, 6) is 1.26. The summed E-state index contributed by atoms with van der Waals surface area (Å²) in [5, 5.41) is 5.53. The molecular formula is C16H17ClN4OS. The van der Waals surface area contributed by atoms with Crippen molar-refractivity contribution in [1.29, 1.82) is 0 Å². The molecule has 5 nitrogen and oxygen atoms in total. The first kappa shape index (κ1) is 15.0. The molecule has 2 heterocycles. The number of halogens is 1. The van der Waals surface area contributed by atoms with Crippen LogP contribution >= 0.6 is 23.4 Å². The monoisotopic (exact) mass is 348 g/mol. The van der Waals surface area contributed by atoms with Crippen LogP contribution < -0.4 is 10.9 Å². The lowest BCUT2D eigenvalue weighted by Crippen LogP contribution is -2.36. The van der Waals surface area contributed by atoms with Crippen molar-refractivity contribution >= 4 is 39.4 Å². The summed E-state index contributed by atoms with van der Waals surface area (Å²) in [7, 11) is 0. The first-order valence-electron chi connectivity index (χ1n) is 7.85. The van der Waals surface area contributed by atoms with Crippen LogP contribution in [0.15, 0.2) is 28.0 Å². The number of H-pyrrole nitrogens is 1. The molecule has 23 heavy (non-hydrogen) atoms. The van der Waals surface area contributed by atoms with E-state index in [1.54, 1.807) is 30.0 Å². The maximum Gasteiger partial charge on any atom is 0.258 e. The van der Waals surface area contributed by atoms with Crippen molar-refractivity contribution in [3.63, 3.8) is 0 Å². The van der Waals surface area contributed by atoms with Gasteiger partial charge in [-0.25, -0.2) is 4.98 Å². The van der Waals surface area contributed by atoms with Crippen molar-refractivity contribution < 1.29 is 0 Å². The highest BCUT2D eigenvalue weighted by Gasteiger charge is 2.30. The summed E-state index contributed by atoms with van der Waals surface area (Å²) < 4.78 is 0. The fraction of sp³-hybridized carbons (Fsp3) is 0.438. The van der Waals surface area contributed by atoms with Crippen LogP contribution in [0.1, 0.15) is 31.5 Å². The van der Waals surface area contributed by atoms with Gasteiger partial charge < -0.3 is 10.3 Å². The highest BCUT2D eigenvalue weighted by atomic mass is 35.5. The van der Waals surface area contributed by atoms with Crippen LogP contribution in [0.2, 0.25) is 5.02 Å². The van der Waals surface area contributed by atoms with Gasteiger partial charge in [0.2, 0.25) is 0 Å². The first-order valence-corrected chi connectivity index (χ1v) is 9.21. The van der Waals surface area contributed by atoms with E-state index in [0.717, 1.165) is 5.17 Å². The summed E-state index contributed by atoms with van der Waals surface area (Å²) in [5.41, 5.74) is 0.520. The number of rotatable bonds is 2. The lowest BCUT2D eigenvalue weighted by Gasteiger charge is -2.23. The topological polar surface area (TPSA) is 70.1 Å². The molecule has 1 saturated carbocycles. The minimum Gasteiger partial charge on any atom is -0.360 e. The van der Waals surface area contributed by atoms with Gasteiger partial charge in [0.15, 0.2) is 5.17 Å². The number of hydrogen-bond acceptors (Lipinski definition) is 5. The first-order chi connectivity index (χ1) is 11.2. The largest absolute Gasteiger partial charge is 0.360 e. The molecule has 1 aliphatic heterocycles. The third-order valence-corrected chi connectivity index (χ3v) is 5.53. The minimum atomic E-state index is -0.150. The molecule has 4 rings (SSSR count). The van der Waals surface area contributed by atoms with Crippen LogP contribution in [0.3, 0.4) is 0 Å². The number of hydrogen-bond donors (Lipinski definition) is 2. The molecule has 7 heteroatoms. The van der Waals surface area contributed by atoms with Gasteiger partial charge in [0.1, 0.15) is 5.82 Å². The molecular weight excluding hydrogens is 332 g/mol. The highest BCUT2D eigenvalue weighted by molar-refractivity contribution is 8.13. The van der Waals surface area contributed by atoms with E-state index in [1.165, 1.54) is 25.7 Å². The van der Waals surface area contributed by atoms with E-state index in [0.29, 0.717) is 39.6 Å². The second-order valence-electron chi connectivity index (χ2n) is 6.00. The SMILES string of the molecule is O=c1[nH]c(CSC2=N[C@@H]3CCCC[C@@H]3N2)nc2ccc(Cl)cc12. The molecule has 0 spiro atoms. The summed E-state index contributed by atoms with van der Waals surface area (Å²) in [4.78, 5) is 24.2. The van der Waals surface area contributed by atoms with Gasteiger partial charge >= 0.3 is 0 Å². The molecule has 0 saturated heterocycles. The van der Waals surface area contributed by atoms with E-state index >= 15 is 0 Å². The maximum absolute atomic E-state index is 12.1. The number of benzene rings is 1. The molecule has 1 aromatic heterocycles. The average molecular weight is 349 g/mol. The molecule has 2 aliphatic rings. The van der Waals surface area contributed by atoms with Gasteiger partial charge in [-0.3, -0.25) is 9.79 Å². The van der Waals surface area contributed by atoms with Crippen LogP contribution in [-0.4, -0.2) is 27.2 Å². The van der Waals surface area contributed by atoms with Crippen molar-refractivity contribution in [2.24, 2.45) is 4.99 Å². The smallest absolute Gasteiger partial charge is 0.258 e. The predicted octanol–water partition coefficient (Wildman–Crippen LogP) is 3.08. The second kappa shape index (κ2) is 6.17. The van der Waals surface area contributed by atoms with Gasteiger partial charge in [-0.05, 0) is 31.0 Å². The van der Waals surface area contributed by atoms with E-state index < -0.39 is 0 Å². The van der Waals surface area contributed by atoms with Crippen molar-refractivity contribution in [1.82, 2.24) is 15.3 Å². The Labute approximate surface area is 142 Å². The van der Waals surface area contributed by atoms with Gasteiger partial charge in [-0.1, -0.05) is 36.2 Å². The third kappa shape index (κ3) is 3.10. The number of nitrogens with one attached hydrogen (secondary N) is 2. The molecule has 120 valence electrons. The van der Waals surface area contributed by atoms with Crippen LogP contribution in [0.5, 0.6) is 0 Å². The Morgan fingerprint density at radius 2 is 2.17 bits per heavy atom. The van der Waals surface area contributed by atoms with Gasteiger partial charge in [0.25, 0.3) is 5.56 Å². The fourth-order valence-corrected chi connectivity index (χ4v) is 4.25. The minimum absolute atomic E-state index is 0.150. The van der Waals surface area contributed by atoms with E-state index in [-0.39, 0.29) is 5.56 Å². The zero-order valence-electron chi connectivity index (χ0n) is 12.5. The molecule has 0 radical (unpaired) electrons. The molecule has 1 aromatic carbocycles. The Kier molecular flexibility index (Phi) is 4.03. The molecule has 0 unspecified atom stereocenters. The number of aromatic nitrogens is 2. The van der Waals surface area contributed by atoms with Gasteiger partial charge in [0.05, 0.1) is 28.7 Å². The number of thioether (sulfide) groups is 1. The van der Waals surface area contributed by atoms with Gasteiger partial charge in [0, 0.05) is 5.02 Å². The normalized spacial score (nSPS) is 23.4. The number of nitrogens with zero attached hydrogens (tertiary/aromatic N) is 2. The van der Waals surface area contributed by atoms with E-state index in [1.807, 2.05) is 0 Å². The van der Waals surface area contributed by atoms with Crippen molar-refractivity contribution in [3.05, 3.63) is 39.4 Å². The van der Waals surface area contributed by atoms with Crippen LogP contribution in [0, 0.1) is 0 Å². The Balaban J connectivity index is 1.50. The third-order valence-electron chi connectivity index (χ3n) is 4.38. The van der Waals surface area contributed by atoms with Crippen LogP contribution in [0.25, 0.3) is 10.9 Å². The lowest BCUT2D eigenvalue weighted by molar-refractivity contribution is 0.385. The Hall–Kier alpha value is -1.53. The molecule has 2 atom stereocenters. The van der Waals surface area contributed by atoms with Crippen molar-refractivity contribution in [3.8, 4) is 0 Å². The lowest BCUT2D eigenvalue weighted by atomic mass is 9.92. The highest BCUT2D eigenvalue weighted by Crippen LogP contribution is 2.27. The second-order valence-corrected chi connectivity index (χ2v) is 7.40. The fourth-order valence-electron chi connectivity index (χ4n) is 3.22.